The number of pyridine rings is 1. The molecule has 1 aliphatic carbocycles. The highest BCUT2D eigenvalue weighted by Crippen LogP contribution is 2.39. The lowest BCUT2D eigenvalue weighted by atomic mass is 9.82. The number of nitrogens with one attached hydrogen (secondary N) is 1. The second kappa shape index (κ2) is 4.96. The van der Waals surface area contributed by atoms with Crippen molar-refractivity contribution in [3.05, 3.63) is 29.6 Å². The van der Waals surface area contributed by atoms with Crippen molar-refractivity contribution in [1.82, 2.24) is 10.3 Å². The first-order valence-corrected chi connectivity index (χ1v) is 6.32. The molecule has 0 radical (unpaired) electrons. The third-order valence-electron chi connectivity index (χ3n) is 4.06. The molecule has 16 heavy (non-hydrogen) atoms. The number of aryl methyl sites for hydroxylation is 1. The van der Waals surface area contributed by atoms with Crippen molar-refractivity contribution >= 4 is 0 Å². The van der Waals surface area contributed by atoms with E-state index in [9.17, 15) is 0 Å². The Labute approximate surface area is 98.5 Å². The molecule has 0 amide bonds. The Morgan fingerprint density at radius 2 is 2.31 bits per heavy atom. The molecule has 0 aromatic carbocycles. The maximum atomic E-state index is 4.58. The van der Waals surface area contributed by atoms with E-state index in [1.165, 1.54) is 24.1 Å². The molecule has 1 N–H and O–H groups in total. The van der Waals surface area contributed by atoms with E-state index in [4.69, 9.17) is 0 Å². The highest BCUT2D eigenvalue weighted by molar-refractivity contribution is 5.29. The van der Waals surface area contributed by atoms with Crippen molar-refractivity contribution in [1.29, 1.82) is 0 Å². The van der Waals surface area contributed by atoms with Gasteiger partial charge in [0.1, 0.15) is 0 Å². The smallest absolute Gasteiger partial charge is 0.0469 e. The highest BCUT2D eigenvalue weighted by Gasteiger charge is 2.30. The molecule has 1 aromatic rings. The molecule has 2 rings (SSSR count). The first-order chi connectivity index (χ1) is 7.74. The second-order valence-corrected chi connectivity index (χ2v) is 5.09. The molecule has 0 saturated carbocycles. The molecule has 1 heterocycles. The summed E-state index contributed by atoms with van der Waals surface area (Å²) in [5, 5.41) is 3.28. The zero-order valence-electron chi connectivity index (χ0n) is 10.5. The minimum absolute atomic E-state index is 0.666. The number of nitrogens with zero attached hydrogens (tertiary/aromatic N) is 1. The van der Waals surface area contributed by atoms with E-state index in [0.29, 0.717) is 17.8 Å². The SMILES string of the molecule is CNCC(C)C(C)C1CCc2cccnc21. The van der Waals surface area contributed by atoms with E-state index in [2.05, 4.69) is 36.3 Å². The van der Waals surface area contributed by atoms with Gasteiger partial charge >= 0.3 is 0 Å². The van der Waals surface area contributed by atoms with Crippen LogP contribution in [-0.4, -0.2) is 18.6 Å². The maximum Gasteiger partial charge on any atom is 0.0469 e. The van der Waals surface area contributed by atoms with Crippen molar-refractivity contribution in [2.75, 3.05) is 13.6 Å². The maximum absolute atomic E-state index is 4.58. The Morgan fingerprint density at radius 3 is 3.06 bits per heavy atom. The van der Waals surface area contributed by atoms with Crippen LogP contribution < -0.4 is 5.32 Å². The molecule has 3 atom stereocenters. The summed E-state index contributed by atoms with van der Waals surface area (Å²) < 4.78 is 0. The standard InChI is InChI=1S/C14H22N2/c1-10(9-15-3)11(2)13-7-6-12-5-4-8-16-14(12)13/h4-5,8,10-11,13,15H,6-7,9H2,1-3H3. The lowest BCUT2D eigenvalue weighted by molar-refractivity contribution is 0.313. The molecular formula is C14H22N2. The lowest BCUT2D eigenvalue weighted by Gasteiger charge is -2.25. The molecule has 0 fully saturated rings. The van der Waals surface area contributed by atoms with E-state index < -0.39 is 0 Å². The minimum Gasteiger partial charge on any atom is -0.319 e. The summed E-state index contributed by atoms with van der Waals surface area (Å²) in [6.45, 7) is 5.80. The van der Waals surface area contributed by atoms with Crippen molar-refractivity contribution in [3.8, 4) is 0 Å². The predicted octanol–water partition coefficient (Wildman–Crippen LogP) is 2.60. The third-order valence-corrected chi connectivity index (χ3v) is 4.06. The topological polar surface area (TPSA) is 24.9 Å². The number of fused-ring (bicyclic) bond motifs is 1. The van der Waals surface area contributed by atoms with Gasteiger partial charge in [0.25, 0.3) is 0 Å². The number of hydrogen-bond donors (Lipinski definition) is 1. The fourth-order valence-electron chi connectivity index (χ4n) is 2.86. The Balaban J connectivity index is 2.12. The average molecular weight is 218 g/mol. The van der Waals surface area contributed by atoms with Gasteiger partial charge < -0.3 is 5.32 Å². The first-order valence-electron chi connectivity index (χ1n) is 6.32. The van der Waals surface area contributed by atoms with Gasteiger partial charge in [0.2, 0.25) is 0 Å². The van der Waals surface area contributed by atoms with Crippen molar-refractivity contribution in [3.63, 3.8) is 0 Å². The quantitative estimate of drug-likeness (QED) is 0.840. The van der Waals surface area contributed by atoms with Gasteiger partial charge in [-0.05, 0) is 49.9 Å². The van der Waals surface area contributed by atoms with Crippen molar-refractivity contribution in [2.45, 2.75) is 32.6 Å². The monoisotopic (exact) mass is 218 g/mol. The largest absolute Gasteiger partial charge is 0.319 e. The average Bonchev–Trinajstić information content (AvgIpc) is 2.72. The summed E-state index contributed by atoms with van der Waals surface area (Å²) in [5.41, 5.74) is 2.83. The van der Waals surface area contributed by atoms with Gasteiger partial charge in [-0.25, -0.2) is 0 Å². The van der Waals surface area contributed by atoms with Gasteiger partial charge in [0.15, 0.2) is 0 Å². The van der Waals surface area contributed by atoms with Gasteiger partial charge in [-0.2, -0.15) is 0 Å². The molecule has 88 valence electrons. The molecule has 2 heteroatoms. The predicted molar refractivity (Wildman–Crippen MR) is 67.6 cm³/mol. The number of rotatable bonds is 4. The molecule has 0 aliphatic heterocycles. The van der Waals surface area contributed by atoms with Crippen molar-refractivity contribution in [2.24, 2.45) is 11.8 Å². The van der Waals surface area contributed by atoms with Crippen LogP contribution in [0.5, 0.6) is 0 Å². The van der Waals surface area contributed by atoms with Crippen LogP contribution in [-0.2, 0) is 6.42 Å². The molecule has 1 aromatic heterocycles. The number of hydrogen-bond acceptors (Lipinski definition) is 2. The zero-order valence-corrected chi connectivity index (χ0v) is 10.5. The summed E-state index contributed by atoms with van der Waals surface area (Å²) in [6, 6.07) is 4.29. The summed E-state index contributed by atoms with van der Waals surface area (Å²) in [7, 11) is 2.03. The third kappa shape index (κ3) is 2.12. The summed E-state index contributed by atoms with van der Waals surface area (Å²) in [6.07, 6.45) is 4.43. The Hall–Kier alpha value is -0.890. The van der Waals surface area contributed by atoms with Crippen LogP contribution in [0, 0.1) is 11.8 Å². The molecule has 0 bridgehead atoms. The lowest BCUT2D eigenvalue weighted by Crippen LogP contribution is -2.25. The van der Waals surface area contributed by atoms with Crippen LogP contribution in [0.4, 0.5) is 0 Å². The molecule has 1 aliphatic rings. The second-order valence-electron chi connectivity index (χ2n) is 5.09. The van der Waals surface area contributed by atoms with E-state index in [0.717, 1.165) is 6.54 Å². The van der Waals surface area contributed by atoms with Crippen LogP contribution in [0.3, 0.4) is 0 Å². The van der Waals surface area contributed by atoms with Gasteiger partial charge in [-0.15, -0.1) is 0 Å². The Bertz CT molecular complexity index is 348. The fraction of sp³-hybridized carbons (Fsp3) is 0.643. The van der Waals surface area contributed by atoms with Crippen LogP contribution in [0.15, 0.2) is 18.3 Å². The summed E-state index contributed by atoms with van der Waals surface area (Å²) in [5.74, 6) is 2.09. The van der Waals surface area contributed by atoms with Gasteiger partial charge in [0, 0.05) is 17.8 Å². The molecule has 3 unspecified atom stereocenters. The zero-order chi connectivity index (χ0) is 11.5. The van der Waals surface area contributed by atoms with Crippen molar-refractivity contribution < 1.29 is 0 Å². The molecule has 0 spiro atoms. The number of aromatic nitrogens is 1. The van der Waals surface area contributed by atoms with Crippen LogP contribution in [0.2, 0.25) is 0 Å². The van der Waals surface area contributed by atoms with E-state index in [1.54, 1.807) is 0 Å². The molecular weight excluding hydrogens is 196 g/mol. The molecule has 2 nitrogen and oxygen atoms in total. The molecule has 0 saturated heterocycles. The van der Waals surface area contributed by atoms with Gasteiger partial charge in [0.05, 0.1) is 0 Å². The highest BCUT2D eigenvalue weighted by atomic mass is 14.8. The van der Waals surface area contributed by atoms with Crippen LogP contribution >= 0.6 is 0 Å². The first kappa shape index (κ1) is 11.6. The van der Waals surface area contributed by atoms with Crippen LogP contribution in [0.1, 0.15) is 37.4 Å². The van der Waals surface area contributed by atoms with Gasteiger partial charge in [-0.1, -0.05) is 19.9 Å². The van der Waals surface area contributed by atoms with Gasteiger partial charge in [-0.3, -0.25) is 4.98 Å². The summed E-state index contributed by atoms with van der Waals surface area (Å²) >= 11 is 0. The Kier molecular flexibility index (Phi) is 3.59. The fourth-order valence-corrected chi connectivity index (χ4v) is 2.86. The Morgan fingerprint density at radius 1 is 1.50 bits per heavy atom. The van der Waals surface area contributed by atoms with E-state index >= 15 is 0 Å². The van der Waals surface area contributed by atoms with E-state index in [-0.39, 0.29) is 0 Å². The van der Waals surface area contributed by atoms with E-state index in [1.807, 2.05) is 13.2 Å². The normalized spacial score (nSPS) is 22.8. The van der Waals surface area contributed by atoms with Crippen LogP contribution in [0.25, 0.3) is 0 Å². The minimum atomic E-state index is 0.666. The summed E-state index contributed by atoms with van der Waals surface area (Å²) in [4.78, 5) is 4.58.